The first kappa shape index (κ1) is 19.4. The number of ether oxygens (including phenoxy) is 1. The van der Waals surface area contributed by atoms with E-state index in [-0.39, 0.29) is 6.03 Å². The molecule has 1 aromatic carbocycles. The lowest BCUT2D eigenvalue weighted by Gasteiger charge is -2.26. The third-order valence-electron chi connectivity index (χ3n) is 4.90. The summed E-state index contributed by atoms with van der Waals surface area (Å²) in [7, 11) is 1.77. The third-order valence-corrected chi connectivity index (χ3v) is 4.90. The van der Waals surface area contributed by atoms with Crippen LogP contribution in [0.3, 0.4) is 0 Å². The van der Waals surface area contributed by atoms with Gasteiger partial charge in [0, 0.05) is 38.8 Å². The van der Waals surface area contributed by atoms with E-state index < -0.39 is 0 Å². The standard InChI is InChI=1S/C20H28N4O3/c1-15-19(16(2)27-22-15)14-23(3)20(25)21-12-17-4-6-18(7-5-17)13-24-8-10-26-11-9-24/h4-7H,8-14H2,1-3H3,(H,21,25). The van der Waals surface area contributed by atoms with Crippen molar-refractivity contribution in [3.8, 4) is 0 Å². The summed E-state index contributed by atoms with van der Waals surface area (Å²) in [5.41, 5.74) is 4.14. The van der Waals surface area contributed by atoms with E-state index in [0.717, 1.165) is 55.4 Å². The highest BCUT2D eigenvalue weighted by Gasteiger charge is 2.15. The fourth-order valence-electron chi connectivity index (χ4n) is 3.13. The van der Waals surface area contributed by atoms with E-state index in [1.54, 1.807) is 11.9 Å². The van der Waals surface area contributed by atoms with Crippen LogP contribution in [-0.2, 0) is 24.4 Å². The number of nitrogens with one attached hydrogen (secondary N) is 1. The van der Waals surface area contributed by atoms with Crippen molar-refractivity contribution >= 4 is 6.03 Å². The van der Waals surface area contributed by atoms with Crippen molar-refractivity contribution in [2.75, 3.05) is 33.4 Å². The highest BCUT2D eigenvalue weighted by atomic mass is 16.5. The van der Waals surface area contributed by atoms with Gasteiger partial charge in [0.05, 0.1) is 25.5 Å². The topological polar surface area (TPSA) is 70.8 Å². The van der Waals surface area contributed by atoms with Gasteiger partial charge in [0.2, 0.25) is 0 Å². The van der Waals surface area contributed by atoms with Crippen molar-refractivity contribution in [1.82, 2.24) is 20.3 Å². The number of morpholine rings is 1. The molecule has 0 aliphatic carbocycles. The normalized spacial score (nSPS) is 14.9. The summed E-state index contributed by atoms with van der Waals surface area (Å²) < 4.78 is 10.5. The third kappa shape index (κ3) is 5.30. The average Bonchev–Trinajstić information content (AvgIpc) is 3.00. The molecule has 0 spiro atoms. The molecule has 2 heterocycles. The average molecular weight is 372 g/mol. The molecular weight excluding hydrogens is 344 g/mol. The summed E-state index contributed by atoms with van der Waals surface area (Å²) in [4.78, 5) is 16.4. The zero-order chi connectivity index (χ0) is 19.2. The monoisotopic (exact) mass is 372 g/mol. The van der Waals surface area contributed by atoms with Crippen molar-refractivity contribution in [3.05, 3.63) is 52.4 Å². The van der Waals surface area contributed by atoms with E-state index in [4.69, 9.17) is 9.26 Å². The summed E-state index contributed by atoms with van der Waals surface area (Å²) in [6.45, 7) is 9.25. The Labute approximate surface area is 160 Å². The maximum Gasteiger partial charge on any atom is 0.317 e. The van der Waals surface area contributed by atoms with Crippen LogP contribution in [0.5, 0.6) is 0 Å². The Balaban J connectivity index is 1.46. The second kappa shape index (κ2) is 9.01. The van der Waals surface area contributed by atoms with Gasteiger partial charge in [-0.2, -0.15) is 0 Å². The molecule has 0 bridgehead atoms. The Morgan fingerprint density at radius 2 is 1.85 bits per heavy atom. The van der Waals surface area contributed by atoms with Crippen LogP contribution in [0.2, 0.25) is 0 Å². The van der Waals surface area contributed by atoms with Gasteiger partial charge >= 0.3 is 6.03 Å². The van der Waals surface area contributed by atoms with Crippen molar-refractivity contribution < 1.29 is 14.1 Å². The van der Waals surface area contributed by atoms with Gasteiger partial charge in [-0.15, -0.1) is 0 Å². The number of hydrogen-bond acceptors (Lipinski definition) is 5. The summed E-state index contributed by atoms with van der Waals surface area (Å²) in [5, 5.41) is 6.89. The first-order valence-corrected chi connectivity index (χ1v) is 9.31. The van der Waals surface area contributed by atoms with E-state index in [2.05, 4.69) is 39.6 Å². The molecule has 2 amide bonds. The van der Waals surface area contributed by atoms with Gasteiger partial charge in [-0.05, 0) is 25.0 Å². The highest BCUT2D eigenvalue weighted by molar-refractivity contribution is 5.73. The van der Waals surface area contributed by atoms with E-state index in [9.17, 15) is 4.79 Å². The van der Waals surface area contributed by atoms with Gasteiger partial charge in [0.25, 0.3) is 0 Å². The molecule has 7 nitrogen and oxygen atoms in total. The van der Waals surface area contributed by atoms with Crippen LogP contribution in [-0.4, -0.2) is 54.3 Å². The molecule has 0 saturated carbocycles. The molecule has 1 fully saturated rings. The number of aryl methyl sites for hydroxylation is 2. The van der Waals surface area contributed by atoms with Gasteiger partial charge in [0.1, 0.15) is 5.76 Å². The van der Waals surface area contributed by atoms with Gasteiger partial charge in [-0.25, -0.2) is 4.79 Å². The number of urea groups is 1. The summed E-state index contributed by atoms with van der Waals surface area (Å²) >= 11 is 0. The van der Waals surface area contributed by atoms with Crippen molar-refractivity contribution in [2.24, 2.45) is 0 Å². The molecule has 1 aliphatic rings. The molecule has 7 heteroatoms. The first-order valence-electron chi connectivity index (χ1n) is 9.31. The van der Waals surface area contributed by atoms with Crippen molar-refractivity contribution in [3.63, 3.8) is 0 Å². The number of hydrogen-bond donors (Lipinski definition) is 1. The Hall–Kier alpha value is -2.38. The molecule has 27 heavy (non-hydrogen) atoms. The molecule has 3 rings (SSSR count). The molecular formula is C20H28N4O3. The summed E-state index contributed by atoms with van der Waals surface area (Å²) in [6, 6.07) is 8.29. The summed E-state index contributed by atoms with van der Waals surface area (Å²) in [6.07, 6.45) is 0. The number of amides is 2. The molecule has 0 atom stereocenters. The quantitative estimate of drug-likeness (QED) is 0.843. The predicted octanol–water partition coefficient (Wildman–Crippen LogP) is 2.47. The maximum atomic E-state index is 12.3. The Morgan fingerprint density at radius 3 is 2.48 bits per heavy atom. The number of aromatic nitrogens is 1. The lowest BCUT2D eigenvalue weighted by atomic mass is 10.1. The van der Waals surface area contributed by atoms with Crippen LogP contribution in [0.4, 0.5) is 4.79 Å². The molecule has 1 N–H and O–H groups in total. The lowest BCUT2D eigenvalue weighted by Crippen LogP contribution is -2.36. The largest absolute Gasteiger partial charge is 0.379 e. The maximum absolute atomic E-state index is 12.3. The molecule has 0 unspecified atom stereocenters. The van der Waals surface area contributed by atoms with Crippen LogP contribution < -0.4 is 5.32 Å². The van der Waals surface area contributed by atoms with Crippen molar-refractivity contribution in [1.29, 1.82) is 0 Å². The SMILES string of the molecule is Cc1noc(C)c1CN(C)C(=O)NCc1ccc(CN2CCOCC2)cc1. The van der Waals surface area contributed by atoms with Gasteiger partial charge in [-0.1, -0.05) is 29.4 Å². The van der Waals surface area contributed by atoms with Crippen LogP contribution in [0.25, 0.3) is 0 Å². The second-order valence-corrected chi connectivity index (χ2v) is 7.02. The summed E-state index contributed by atoms with van der Waals surface area (Å²) in [5.74, 6) is 0.753. The van der Waals surface area contributed by atoms with Crippen molar-refractivity contribution in [2.45, 2.75) is 33.5 Å². The number of nitrogens with zero attached hydrogens (tertiary/aromatic N) is 3. The Bertz CT molecular complexity index is 732. The smallest absolute Gasteiger partial charge is 0.317 e. The van der Waals surface area contributed by atoms with Crippen LogP contribution in [0.1, 0.15) is 28.1 Å². The van der Waals surface area contributed by atoms with Gasteiger partial charge in [-0.3, -0.25) is 4.90 Å². The zero-order valence-electron chi connectivity index (χ0n) is 16.3. The Kier molecular flexibility index (Phi) is 6.47. The van der Waals surface area contributed by atoms with Gasteiger partial charge in [0.15, 0.2) is 0 Å². The zero-order valence-corrected chi connectivity index (χ0v) is 16.3. The molecule has 1 aromatic heterocycles. The highest BCUT2D eigenvalue weighted by Crippen LogP contribution is 2.14. The number of benzene rings is 1. The van der Waals surface area contributed by atoms with E-state index >= 15 is 0 Å². The minimum Gasteiger partial charge on any atom is -0.379 e. The Morgan fingerprint density at radius 1 is 1.19 bits per heavy atom. The van der Waals surface area contributed by atoms with Gasteiger partial charge < -0.3 is 19.5 Å². The number of carbonyl (C=O) groups is 1. The molecule has 0 radical (unpaired) electrons. The fourth-order valence-corrected chi connectivity index (χ4v) is 3.13. The second-order valence-electron chi connectivity index (χ2n) is 7.02. The van der Waals surface area contributed by atoms with Crippen LogP contribution in [0.15, 0.2) is 28.8 Å². The molecule has 146 valence electrons. The molecule has 2 aromatic rings. The number of rotatable bonds is 6. The lowest BCUT2D eigenvalue weighted by molar-refractivity contribution is 0.0342. The fraction of sp³-hybridized carbons (Fsp3) is 0.500. The van der Waals surface area contributed by atoms with E-state index in [1.807, 2.05) is 13.8 Å². The minimum absolute atomic E-state index is 0.118. The van der Waals surface area contributed by atoms with E-state index in [1.165, 1.54) is 5.56 Å². The van der Waals surface area contributed by atoms with E-state index in [0.29, 0.717) is 13.1 Å². The molecule has 1 saturated heterocycles. The minimum atomic E-state index is -0.118. The first-order chi connectivity index (χ1) is 13.0. The number of carbonyl (C=O) groups excluding carboxylic acids is 1. The van der Waals surface area contributed by atoms with Crippen LogP contribution >= 0.6 is 0 Å². The predicted molar refractivity (Wildman–Crippen MR) is 102 cm³/mol. The van der Waals surface area contributed by atoms with Crippen LogP contribution in [0, 0.1) is 13.8 Å². The molecule has 1 aliphatic heterocycles.